The van der Waals surface area contributed by atoms with Gasteiger partial charge in [-0.15, -0.1) is 0 Å². The molecule has 2 atom stereocenters. The lowest BCUT2D eigenvalue weighted by atomic mass is 10.0. The largest absolute Gasteiger partial charge is 0.465 e. The van der Waals surface area contributed by atoms with E-state index in [-0.39, 0.29) is 30.6 Å². The second kappa shape index (κ2) is 11.5. The molecule has 39 heavy (non-hydrogen) atoms. The molecule has 198 valence electrons. The number of methoxy groups -OCH3 is 2. The smallest absolute Gasteiger partial charge is 0.337 e. The molecular formula is C29H27N5O4S. The highest BCUT2D eigenvalue weighted by atomic mass is 32.1. The third-order valence-corrected chi connectivity index (χ3v) is 6.77. The molecule has 4 aromatic rings. The number of anilines is 2. The van der Waals surface area contributed by atoms with E-state index in [1.54, 1.807) is 18.3 Å². The van der Waals surface area contributed by atoms with E-state index < -0.39 is 0 Å². The maximum atomic E-state index is 11.9. The summed E-state index contributed by atoms with van der Waals surface area (Å²) >= 11 is 5.85. The van der Waals surface area contributed by atoms with Crippen LogP contribution in [0.2, 0.25) is 0 Å². The van der Waals surface area contributed by atoms with Gasteiger partial charge in [0.25, 0.3) is 0 Å². The molecule has 5 rings (SSSR count). The minimum Gasteiger partial charge on any atom is -0.465 e. The van der Waals surface area contributed by atoms with Crippen LogP contribution in [0.25, 0.3) is 5.69 Å². The van der Waals surface area contributed by atoms with Gasteiger partial charge in [-0.1, -0.05) is 6.07 Å². The van der Waals surface area contributed by atoms with Crippen molar-refractivity contribution >= 4 is 40.6 Å². The summed E-state index contributed by atoms with van der Waals surface area (Å²) in [6, 6.07) is 24.1. The summed E-state index contributed by atoms with van der Waals surface area (Å²) in [6.07, 6.45) is 3.74. The van der Waals surface area contributed by atoms with Crippen LogP contribution in [0.3, 0.4) is 0 Å². The van der Waals surface area contributed by atoms with Crippen LogP contribution in [0.1, 0.15) is 33.8 Å². The topological polar surface area (TPSA) is 97.7 Å². The van der Waals surface area contributed by atoms with Crippen LogP contribution >= 0.6 is 12.2 Å². The number of hydrogen-bond acceptors (Lipinski definition) is 6. The van der Waals surface area contributed by atoms with Crippen molar-refractivity contribution in [3.63, 3.8) is 0 Å². The lowest BCUT2D eigenvalue weighted by molar-refractivity contribution is -0.119. The molecule has 1 fully saturated rings. The Labute approximate surface area is 231 Å². The van der Waals surface area contributed by atoms with Crippen molar-refractivity contribution in [2.24, 2.45) is 0 Å². The molecule has 2 N–H and O–H groups in total. The third-order valence-electron chi connectivity index (χ3n) is 6.45. The summed E-state index contributed by atoms with van der Waals surface area (Å²) in [6.45, 7) is -0.0205. The zero-order valence-corrected chi connectivity index (χ0v) is 22.2. The van der Waals surface area contributed by atoms with E-state index in [1.807, 2.05) is 66.9 Å². The first kappa shape index (κ1) is 26.1. The third kappa shape index (κ3) is 5.38. The van der Waals surface area contributed by atoms with Crippen LogP contribution < -0.4 is 15.5 Å². The molecule has 0 bridgehead atoms. The summed E-state index contributed by atoms with van der Waals surface area (Å²) in [5.41, 5.74) is 4.70. The Kier molecular flexibility index (Phi) is 7.67. The highest BCUT2D eigenvalue weighted by Crippen LogP contribution is 2.42. The number of hydrogen-bond donors (Lipinski definition) is 2. The zero-order valence-electron chi connectivity index (χ0n) is 21.4. The molecule has 2 aromatic heterocycles. The fraction of sp³-hybridized carbons (Fsp3) is 0.172. The number of thiocarbonyl (C=S) groups is 1. The van der Waals surface area contributed by atoms with Crippen molar-refractivity contribution in [3.8, 4) is 5.69 Å². The van der Waals surface area contributed by atoms with E-state index in [2.05, 4.69) is 31.2 Å². The molecule has 2 aromatic carbocycles. The van der Waals surface area contributed by atoms with E-state index in [9.17, 15) is 9.59 Å². The number of carbonyl (C=O) groups excluding carboxylic acids is 2. The van der Waals surface area contributed by atoms with Crippen LogP contribution in [0.4, 0.5) is 11.4 Å². The second-order valence-electron chi connectivity index (χ2n) is 8.87. The first-order chi connectivity index (χ1) is 19.0. The van der Waals surface area contributed by atoms with Gasteiger partial charge in [-0.05, 0) is 85.0 Å². The van der Waals surface area contributed by atoms with Crippen LogP contribution in [0, 0.1) is 0 Å². The molecular weight excluding hydrogens is 514 g/mol. The maximum Gasteiger partial charge on any atom is 0.337 e. The molecule has 1 aliphatic rings. The van der Waals surface area contributed by atoms with E-state index in [4.69, 9.17) is 21.7 Å². The molecule has 0 spiro atoms. The van der Waals surface area contributed by atoms with Crippen molar-refractivity contribution in [1.29, 1.82) is 0 Å². The van der Waals surface area contributed by atoms with Gasteiger partial charge in [-0.2, -0.15) is 0 Å². The molecule has 1 aliphatic heterocycles. The number of carbonyl (C=O) groups is 2. The van der Waals surface area contributed by atoms with Gasteiger partial charge in [0.2, 0.25) is 5.91 Å². The van der Waals surface area contributed by atoms with Gasteiger partial charge >= 0.3 is 5.97 Å². The monoisotopic (exact) mass is 541 g/mol. The number of nitrogens with one attached hydrogen (secondary N) is 2. The molecule has 0 saturated carbocycles. The Morgan fingerprint density at radius 1 is 0.974 bits per heavy atom. The fourth-order valence-corrected chi connectivity index (χ4v) is 5.06. The van der Waals surface area contributed by atoms with E-state index in [0.717, 1.165) is 22.8 Å². The number of aromatic nitrogens is 2. The molecule has 10 heteroatoms. The first-order valence-electron chi connectivity index (χ1n) is 12.3. The average molecular weight is 542 g/mol. The fourth-order valence-electron chi connectivity index (χ4n) is 4.71. The van der Waals surface area contributed by atoms with Crippen molar-refractivity contribution in [2.75, 3.05) is 31.0 Å². The highest BCUT2D eigenvalue weighted by Gasteiger charge is 2.42. The van der Waals surface area contributed by atoms with Crippen LogP contribution in [0.5, 0.6) is 0 Å². The van der Waals surface area contributed by atoms with Crippen molar-refractivity contribution < 1.29 is 19.1 Å². The quantitative estimate of drug-likeness (QED) is 0.250. The maximum absolute atomic E-state index is 11.9. The Hall–Kier alpha value is -4.54. The molecule has 1 amide bonds. The number of nitrogens with zero attached hydrogens (tertiary/aromatic N) is 3. The van der Waals surface area contributed by atoms with Crippen LogP contribution in [-0.2, 0) is 14.3 Å². The number of amides is 1. The van der Waals surface area contributed by atoms with E-state index in [0.29, 0.717) is 16.4 Å². The molecule has 0 unspecified atom stereocenters. The predicted molar refractivity (Wildman–Crippen MR) is 152 cm³/mol. The highest BCUT2D eigenvalue weighted by molar-refractivity contribution is 7.80. The van der Waals surface area contributed by atoms with Crippen molar-refractivity contribution in [1.82, 2.24) is 14.9 Å². The van der Waals surface area contributed by atoms with E-state index in [1.165, 1.54) is 14.2 Å². The zero-order chi connectivity index (χ0) is 27.4. The van der Waals surface area contributed by atoms with Gasteiger partial charge in [-0.25, -0.2) is 4.79 Å². The molecule has 0 aliphatic carbocycles. The van der Waals surface area contributed by atoms with Gasteiger partial charge < -0.3 is 29.6 Å². The summed E-state index contributed by atoms with van der Waals surface area (Å²) in [5.74, 6) is -0.615. The lowest BCUT2D eigenvalue weighted by Gasteiger charge is -2.29. The standard InChI is InChI=1S/C29H27N5O4S/c1-37-18-25(35)31-20-10-14-22(15-11-20)34-27(26(32-29(34)39)23-6-3-4-16-30-23)24-7-5-17-33(24)21-12-8-19(9-13-21)28(36)38-2/h3-17,26-27H,18H2,1-2H3,(H,31,35)(H,32,39)/t26-,27-/m0/s1. The molecule has 3 heterocycles. The van der Waals surface area contributed by atoms with Gasteiger partial charge in [0.15, 0.2) is 5.11 Å². The normalized spacial score (nSPS) is 16.6. The number of pyridine rings is 1. The first-order valence-corrected chi connectivity index (χ1v) is 12.7. The second-order valence-corrected chi connectivity index (χ2v) is 9.25. The molecule has 9 nitrogen and oxygen atoms in total. The molecule has 1 saturated heterocycles. The number of rotatable bonds is 8. The van der Waals surface area contributed by atoms with Crippen LogP contribution in [0.15, 0.2) is 91.3 Å². The SMILES string of the molecule is COCC(=O)Nc1ccc(N2C(=S)N[C@@H](c3ccccn3)[C@@H]2c2cccn2-c2ccc(C(=O)OC)cc2)cc1. The minimum absolute atomic E-state index is 0.0205. The van der Waals surface area contributed by atoms with Gasteiger partial charge in [-0.3, -0.25) is 9.78 Å². The van der Waals surface area contributed by atoms with Crippen molar-refractivity contribution in [2.45, 2.75) is 12.1 Å². The van der Waals surface area contributed by atoms with Gasteiger partial charge in [0.05, 0.1) is 24.4 Å². The average Bonchev–Trinajstić information content (AvgIpc) is 3.58. The number of esters is 1. The number of benzene rings is 2. The number of ether oxygens (including phenoxy) is 2. The van der Waals surface area contributed by atoms with Crippen molar-refractivity contribution in [3.05, 3.63) is 108 Å². The van der Waals surface area contributed by atoms with Gasteiger partial charge in [0, 0.05) is 42.3 Å². The minimum atomic E-state index is -0.386. The summed E-state index contributed by atoms with van der Waals surface area (Å²) in [7, 11) is 2.84. The predicted octanol–water partition coefficient (Wildman–Crippen LogP) is 4.42. The summed E-state index contributed by atoms with van der Waals surface area (Å²) in [5, 5.41) is 6.84. The molecule has 0 radical (unpaired) electrons. The van der Waals surface area contributed by atoms with Crippen LogP contribution in [-0.4, -0.2) is 47.4 Å². The Morgan fingerprint density at radius 3 is 2.38 bits per heavy atom. The Morgan fingerprint density at radius 2 is 1.72 bits per heavy atom. The lowest BCUT2D eigenvalue weighted by Crippen LogP contribution is -2.30. The summed E-state index contributed by atoms with van der Waals surface area (Å²) < 4.78 is 11.8. The Balaban J connectivity index is 1.54. The van der Waals surface area contributed by atoms with Gasteiger partial charge in [0.1, 0.15) is 12.6 Å². The summed E-state index contributed by atoms with van der Waals surface area (Å²) in [4.78, 5) is 30.6. The van der Waals surface area contributed by atoms with E-state index >= 15 is 0 Å². The Bertz CT molecular complexity index is 1470.